The van der Waals surface area contributed by atoms with Crippen molar-refractivity contribution >= 4 is 34.2 Å². The van der Waals surface area contributed by atoms with Crippen molar-refractivity contribution in [2.45, 2.75) is 38.3 Å². The minimum absolute atomic E-state index is 0.112. The molecule has 0 atom stereocenters. The van der Waals surface area contributed by atoms with Gasteiger partial charge in [-0.15, -0.1) is 0 Å². The van der Waals surface area contributed by atoms with Crippen LogP contribution in [0.15, 0.2) is 47.0 Å². The number of carbonyl (C=O) groups excluding carboxylic acids is 1. The van der Waals surface area contributed by atoms with Gasteiger partial charge >= 0.3 is 0 Å². The lowest BCUT2D eigenvalue weighted by Gasteiger charge is -2.36. The second-order valence-electron chi connectivity index (χ2n) is 9.94. The highest BCUT2D eigenvalue weighted by Crippen LogP contribution is 2.49. The molecule has 1 saturated carbocycles. The summed E-state index contributed by atoms with van der Waals surface area (Å²) in [7, 11) is 2.03. The predicted molar refractivity (Wildman–Crippen MR) is 139 cm³/mol. The van der Waals surface area contributed by atoms with E-state index in [9.17, 15) is 4.79 Å². The van der Waals surface area contributed by atoms with Crippen molar-refractivity contribution in [1.29, 1.82) is 0 Å². The lowest BCUT2D eigenvalue weighted by Crippen LogP contribution is -2.57. The van der Waals surface area contributed by atoms with E-state index in [0.29, 0.717) is 16.4 Å². The van der Waals surface area contributed by atoms with Crippen molar-refractivity contribution < 1.29 is 9.32 Å². The summed E-state index contributed by atoms with van der Waals surface area (Å²) >= 11 is 6.30. The van der Waals surface area contributed by atoms with Crippen molar-refractivity contribution in [3.05, 3.63) is 70.3 Å². The molecule has 2 aromatic carbocycles. The summed E-state index contributed by atoms with van der Waals surface area (Å²) < 4.78 is 5.40. The molecule has 2 aromatic heterocycles. The fraction of sp³-hybridized carbons (Fsp3) is 0.333. The zero-order valence-corrected chi connectivity index (χ0v) is 21.2. The molecule has 9 heteroatoms. The monoisotopic (exact) mass is 502 g/mol. The third-order valence-electron chi connectivity index (χ3n) is 7.11. The molecule has 2 N–H and O–H groups in total. The van der Waals surface area contributed by atoms with Crippen molar-refractivity contribution in [3.63, 3.8) is 0 Å². The number of amides is 1. The minimum atomic E-state index is -0.282. The molecular formula is C27H27ClN6O2. The molecule has 0 bridgehead atoms. The molecule has 36 heavy (non-hydrogen) atoms. The first kappa shape index (κ1) is 22.9. The first-order valence-electron chi connectivity index (χ1n) is 12.1. The maximum Gasteiger partial charge on any atom is 0.289 e. The standard InChI is InChI=1S/C27H27ClN6O2/c1-15-23(16(2)36-33-15)17-7-8-22-21(11-17)24(31-25(30-22)26(35)29-20-13-34(3)14-20)32-27(9-10-27)18-5-4-6-19(28)12-18/h4-8,11-12,20H,9-10,13-14H2,1-3H3,(H,29,35)(H,30,31,32). The number of benzene rings is 2. The fourth-order valence-electron chi connectivity index (χ4n) is 5.04. The Morgan fingerprint density at radius 2 is 1.94 bits per heavy atom. The van der Waals surface area contributed by atoms with Gasteiger partial charge in [-0.25, -0.2) is 9.97 Å². The number of hydrogen-bond acceptors (Lipinski definition) is 7. The number of nitrogens with zero attached hydrogens (tertiary/aromatic N) is 4. The van der Waals surface area contributed by atoms with E-state index in [2.05, 4.69) is 31.7 Å². The first-order valence-corrected chi connectivity index (χ1v) is 12.5. The smallest absolute Gasteiger partial charge is 0.289 e. The van der Waals surface area contributed by atoms with E-state index >= 15 is 0 Å². The Labute approximate surface area is 214 Å². The summed E-state index contributed by atoms with van der Waals surface area (Å²) in [5, 5.41) is 12.3. The maximum atomic E-state index is 13.1. The highest BCUT2D eigenvalue weighted by molar-refractivity contribution is 6.30. The summed E-state index contributed by atoms with van der Waals surface area (Å²) in [5.41, 5.74) is 4.26. The van der Waals surface area contributed by atoms with Crippen LogP contribution in [0.5, 0.6) is 0 Å². The number of hydrogen-bond donors (Lipinski definition) is 2. The molecule has 0 unspecified atom stereocenters. The molecule has 6 rings (SSSR count). The van der Waals surface area contributed by atoms with E-state index in [1.807, 2.05) is 57.3 Å². The van der Waals surface area contributed by atoms with Crippen LogP contribution < -0.4 is 10.6 Å². The van der Waals surface area contributed by atoms with Gasteiger partial charge in [-0.3, -0.25) is 4.79 Å². The van der Waals surface area contributed by atoms with Gasteiger partial charge in [-0.2, -0.15) is 0 Å². The molecule has 4 aromatic rings. The van der Waals surface area contributed by atoms with Crippen LogP contribution in [0, 0.1) is 13.8 Å². The second kappa shape index (κ2) is 8.57. The maximum absolute atomic E-state index is 13.1. The van der Waals surface area contributed by atoms with Gasteiger partial charge in [-0.1, -0.05) is 35.0 Å². The van der Waals surface area contributed by atoms with Gasteiger partial charge in [0.2, 0.25) is 5.82 Å². The van der Waals surface area contributed by atoms with Crippen molar-refractivity contribution in [2.75, 3.05) is 25.5 Å². The molecule has 1 saturated heterocycles. The van der Waals surface area contributed by atoms with Crippen LogP contribution in [-0.2, 0) is 5.54 Å². The Balaban J connectivity index is 1.44. The number of carbonyl (C=O) groups is 1. The van der Waals surface area contributed by atoms with Gasteiger partial charge < -0.3 is 20.1 Å². The fourth-order valence-corrected chi connectivity index (χ4v) is 5.23. The number of halogens is 1. The minimum Gasteiger partial charge on any atom is -0.361 e. The van der Waals surface area contributed by atoms with Crippen LogP contribution in [0.4, 0.5) is 5.82 Å². The summed E-state index contributed by atoms with van der Waals surface area (Å²) in [5.74, 6) is 1.27. The lowest BCUT2D eigenvalue weighted by molar-refractivity contribution is 0.0848. The van der Waals surface area contributed by atoms with E-state index in [1.54, 1.807) is 0 Å². The molecular weight excluding hydrogens is 476 g/mol. The quantitative estimate of drug-likeness (QED) is 0.394. The Kier molecular flexibility index (Phi) is 5.46. The number of rotatable bonds is 6. The van der Waals surface area contributed by atoms with Gasteiger partial charge in [0.15, 0.2) is 0 Å². The Hall–Kier alpha value is -3.49. The van der Waals surface area contributed by atoms with Gasteiger partial charge in [0.05, 0.1) is 22.8 Å². The van der Waals surface area contributed by atoms with Crippen molar-refractivity contribution in [1.82, 2.24) is 25.3 Å². The summed E-state index contributed by atoms with van der Waals surface area (Å²) in [6, 6.07) is 14.0. The van der Waals surface area contributed by atoms with Crippen LogP contribution in [0.25, 0.3) is 22.0 Å². The molecule has 0 spiro atoms. The van der Waals surface area contributed by atoms with Crippen LogP contribution >= 0.6 is 11.6 Å². The normalized spacial score (nSPS) is 17.1. The van der Waals surface area contributed by atoms with Gasteiger partial charge in [-0.05, 0) is 69.1 Å². The SMILES string of the molecule is Cc1noc(C)c1-c1ccc2nc(C(=O)NC3CN(C)C3)nc(NC3(c4cccc(Cl)c4)CC3)c2c1. The highest BCUT2D eigenvalue weighted by atomic mass is 35.5. The number of aryl methyl sites for hydroxylation is 2. The number of aromatic nitrogens is 3. The second-order valence-corrected chi connectivity index (χ2v) is 10.4. The number of likely N-dealkylation sites (N-methyl/N-ethyl adjacent to an activating group) is 1. The van der Waals surface area contributed by atoms with Crippen LogP contribution in [0.1, 0.15) is 40.5 Å². The molecule has 0 radical (unpaired) electrons. The molecule has 2 fully saturated rings. The number of fused-ring (bicyclic) bond motifs is 1. The molecule has 184 valence electrons. The number of nitrogens with one attached hydrogen (secondary N) is 2. The average Bonchev–Trinajstić information content (AvgIpc) is 3.55. The van der Waals surface area contributed by atoms with Crippen LogP contribution in [-0.4, -0.2) is 52.1 Å². The number of likely N-dealkylation sites (tertiary alicyclic amines) is 1. The predicted octanol–water partition coefficient (Wildman–Crippen LogP) is 4.70. The Bertz CT molecular complexity index is 1470. The van der Waals surface area contributed by atoms with E-state index in [4.69, 9.17) is 21.1 Å². The van der Waals surface area contributed by atoms with E-state index in [1.165, 1.54) is 0 Å². The largest absolute Gasteiger partial charge is 0.361 e. The van der Waals surface area contributed by atoms with E-state index in [0.717, 1.165) is 59.5 Å². The van der Waals surface area contributed by atoms with Gasteiger partial charge in [0, 0.05) is 29.1 Å². The van der Waals surface area contributed by atoms with Crippen molar-refractivity contribution in [3.8, 4) is 11.1 Å². The third-order valence-corrected chi connectivity index (χ3v) is 7.34. The average molecular weight is 503 g/mol. The lowest BCUT2D eigenvalue weighted by atomic mass is 10.0. The topological polar surface area (TPSA) is 96.2 Å². The van der Waals surface area contributed by atoms with Crippen LogP contribution in [0.3, 0.4) is 0 Å². The molecule has 8 nitrogen and oxygen atoms in total. The third kappa shape index (κ3) is 4.10. The van der Waals surface area contributed by atoms with Crippen molar-refractivity contribution in [2.24, 2.45) is 0 Å². The van der Waals surface area contributed by atoms with Gasteiger partial charge in [0.1, 0.15) is 11.6 Å². The van der Waals surface area contributed by atoms with E-state index in [-0.39, 0.29) is 23.3 Å². The number of anilines is 1. The molecule has 3 heterocycles. The molecule has 1 aliphatic carbocycles. The summed E-state index contributed by atoms with van der Waals surface area (Å²) in [6.07, 6.45) is 1.89. The zero-order valence-electron chi connectivity index (χ0n) is 20.4. The molecule has 2 aliphatic rings. The summed E-state index contributed by atoms with van der Waals surface area (Å²) in [6.45, 7) is 5.47. The molecule has 1 aliphatic heterocycles. The van der Waals surface area contributed by atoms with Gasteiger partial charge in [0.25, 0.3) is 5.91 Å². The Morgan fingerprint density at radius 1 is 1.14 bits per heavy atom. The summed E-state index contributed by atoms with van der Waals surface area (Å²) in [4.78, 5) is 24.6. The Morgan fingerprint density at radius 3 is 2.61 bits per heavy atom. The van der Waals surface area contributed by atoms with E-state index < -0.39 is 0 Å². The highest BCUT2D eigenvalue weighted by Gasteiger charge is 2.45. The zero-order chi connectivity index (χ0) is 25.0. The van der Waals surface area contributed by atoms with Crippen LogP contribution in [0.2, 0.25) is 5.02 Å². The first-order chi connectivity index (χ1) is 17.3. The molecule has 1 amide bonds.